The Labute approximate surface area is 107 Å². The maximum atomic E-state index is 12.1. The second-order valence-electron chi connectivity index (χ2n) is 5.29. The number of carbonyl (C=O) groups is 2. The van der Waals surface area contributed by atoms with Crippen LogP contribution in [0, 0.1) is 11.8 Å². The molecule has 2 saturated carbocycles. The highest BCUT2D eigenvalue weighted by atomic mass is 35.5. The first-order valence-electron chi connectivity index (χ1n) is 6.68. The van der Waals surface area contributed by atoms with Gasteiger partial charge in [-0.3, -0.25) is 9.59 Å². The van der Waals surface area contributed by atoms with Gasteiger partial charge in [-0.2, -0.15) is 0 Å². The summed E-state index contributed by atoms with van der Waals surface area (Å²) >= 11 is 5.59. The number of halogens is 1. The highest BCUT2D eigenvalue weighted by Crippen LogP contribution is 2.32. The van der Waals surface area contributed by atoms with Crippen molar-refractivity contribution >= 4 is 22.8 Å². The van der Waals surface area contributed by atoms with Gasteiger partial charge in [-0.1, -0.05) is 25.7 Å². The summed E-state index contributed by atoms with van der Waals surface area (Å²) in [5, 5.41) is 2.75. The first kappa shape index (κ1) is 12.9. The predicted octanol–water partition coefficient (Wildman–Crippen LogP) is 2.62. The molecule has 0 bridgehead atoms. The van der Waals surface area contributed by atoms with Crippen molar-refractivity contribution in [2.45, 2.75) is 57.4 Å². The molecule has 17 heavy (non-hydrogen) atoms. The van der Waals surface area contributed by atoms with Crippen LogP contribution in [-0.2, 0) is 9.59 Å². The smallest absolute Gasteiger partial charge is 0.225 e. The van der Waals surface area contributed by atoms with E-state index in [4.69, 9.17) is 11.6 Å². The van der Waals surface area contributed by atoms with Gasteiger partial charge in [0, 0.05) is 17.9 Å². The van der Waals surface area contributed by atoms with Crippen LogP contribution in [0.4, 0.5) is 0 Å². The van der Waals surface area contributed by atoms with Crippen molar-refractivity contribution < 1.29 is 9.59 Å². The zero-order chi connectivity index (χ0) is 12.3. The van der Waals surface area contributed by atoms with E-state index >= 15 is 0 Å². The van der Waals surface area contributed by atoms with Crippen molar-refractivity contribution in [1.29, 1.82) is 0 Å². The third kappa shape index (κ3) is 3.21. The molecule has 1 N–H and O–H groups in total. The lowest BCUT2D eigenvalue weighted by Gasteiger charge is -2.29. The molecule has 0 heterocycles. The lowest BCUT2D eigenvalue weighted by atomic mass is 9.79. The van der Waals surface area contributed by atoms with E-state index in [9.17, 15) is 9.59 Å². The molecular formula is C13H20ClNO2. The van der Waals surface area contributed by atoms with Gasteiger partial charge in [0.05, 0.1) is 0 Å². The first-order valence-corrected chi connectivity index (χ1v) is 7.06. The third-order valence-electron chi connectivity index (χ3n) is 4.10. The topological polar surface area (TPSA) is 46.2 Å². The van der Waals surface area contributed by atoms with Gasteiger partial charge >= 0.3 is 0 Å². The van der Waals surface area contributed by atoms with Gasteiger partial charge in [-0.15, -0.1) is 0 Å². The summed E-state index contributed by atoms with van der Waals surface area (Å²) in [6.07, 6.45) is 8.18. The molecule has 0 aromatic rings. The van der Waals surface area contributed by atoms with Crippen LogP contribution in [0.5, 0.6) is 0 Å². The van der Waals surface area contributed by atoms with Gasteiger partial charge in [-0.25, -0.2) is 0 Å². The fourth-order valence-corrected chi connectivity index (χ4v) is 3.36. The molecule has 0 aromatic heterocycles. The Morgan fingerprint density at radius 2 is 1.41 bits per heavy atom. The highest BCUT2D eigenvalue weighted by molar-refractivity contribution is 6.64. The molecule has 0 aliphatic heterocycles. The molecule has 4 heteroatoms. The van der Waals surface area contributed by atoms with Crippen LogP contribution in [-0.4, -0.2) is 17.2 Å². The Kier molecular flexibility index (Phi) is 4.43. The number of hydrogen-bond donors (Lipinski definition) is 1. The Balaban J connectivity index is 1.93. The average molecular weight is 258 g/mol. The lowest BCUT2D eigenvalue weighted by molar-refractivity contribution is -0.132. The summed E-state index contributed by atoms with van der Waals surface area (Å²) in [4.78, 5) is 23.5. The molecule has 0 aromatic carbocycles. The van der Waals surface area contributed by atoms with E-state index in [2.05, 4.69) is 5.32 Å². The molecule has 3 nitrogen and oxygen atoms in total. The molecule has 2 fully saturated rings. The fraction of sp³-hybridized carbons (Fsp3) is 0.846. The number of nitrogens with one attached hydrogen (secondary N) is 1. The van der Waals surface area contributed by atoms with E-state index in [1.807, 2.05) is 0 Å². The highest BCUT2D eigenvalue weighted by Gasteiger charge is 2.35. The number of carbonyl (C=O) groups excluding carboxylic acids is 2. The normalized spacial score (nSPS) is 30.2. The number of hydrogen-bond acceptors (Lipinski definition) is 2. The molecular weight excluding hydrogens is 238 g/mol. The maximum Gasteiger partial charge on any atom is 0.225 e. The van der Waals surface area contributed by atoms with Crippen LogP contribution in [0.3, 0.4) is 0 Å². The summed E-state index contributed by atoms with van der Waals surface area (Å²) in [5.74, 6) is -0.392. The van der Waals surface area contributed by atoms with Gasteiger partial charge < -0.3 is 5.32 Å². The molecule has 2 aliphatic rings. The molecule has 0 spiro atoms. The van der Waals surface area contributed by atoms with Gasteiger partial charge in [0.2, 0.25) is 11.1 Å². The Hall–Kier alpha value is -0.570. The zero-order valence-corrected chi connectivity index (χ0v) is 10.8. The van der Waals surface area contributed by atoms with E-state index in [0.29, 0.717) is 6.04 Å². The molecule has 2 rings (SSSR count). The average Bonchev–Trinajstić information content (AvgIpc) is 2.81. The summed E-state index contributed by atoms with van der Waals surface area (Å²) < 4.78 is 0. The van der Waals surface area contributed by atoms with Crippen molar-refractivity contribution in [1.82, 2.24) is 5.32 Å². The summed E-state index contributed by atoms with van der Waals surface area (Å²) in [6.45, 7) is 0. The minimum absolute atomic E-state index is 0.0515. The van der Waals surface area contributed by atoms with E-state index in [1.54, 1.807) is 0 Å². The van der Waals surface area contributed by atoms with Crippen molar-refractivity contribution in [3.63, 3.8) is 0 Å². The first-order chi connectivity index (χ1) is 8.18. The minimum atomic E-state index is -0.337. The summed E-state index contributed by atoms with van der Waals surface area (Å²) in [5.41, 5.74) is 0. The predicted molar refractivity (Wildman–Crippen MR) is 66.7 cm³/mol. The van der Waals surface area contributed by atoms with Crippen molar-refractivity contribution in [2.75, 3.05) is 0 Å². The van der Waals surface area contributed by atoms with Crippen LogP contribution in [0.25, 0.3) is 0 Å². The SMILES string of the molecule is O=C(Cl)C1CCCCC1C(=O)NC1CCCC1. The fourth-order valence-electron chi connectivity index (χ4n) is 3.09. The minimum Gasteiger partial charge on any atom is -0.353 e. The number of amides is 1. The van der Waals surface area contributed by atoms with Crippen molar-refractivity contribution in [3.8, 4) is 0 Å². The van der Waals surface area contributed by atoms with Gasteiger partial charge in [-0.05, 0) is 37.3 Å². The quantitative estimate of drug-likeness (QED) is 0.790. The van der Waals surface area contributed by atoms with Crippen molar-refractivity contribution in [3.05, 3.63) is 0 Å². The van der Waals surface area contributed by atoms with Gasteiger partial charge in [0.25, 0.3) is 0 Å². The standard InChI is InChI=1S/C13H20ClNO2/c14-12(16)10-7-3-4-8-11(10)13(17)15-9-5-1-2-6-9/h9-11H,1-8H2,(H,15,17). The van der Waals surface area contributed by atoms with Crippen LogP contribution < -0.4 is 5.32 Å². The number of rotatable bonds is 3. The zero-order valence-electron chi connectivity index (χ0n) is 10.1. The van der Waals surface area contributed by atoms with Crippen LogP contribution in [0.2, 0.25) is 0 Å². The Bertz CT molecular complexity index is 300. The second-order valence-corrected chi connectivity index (χ2v) is 5.66. The summed E-state index contributed by atoms with van der Waals surface area (Å²) in [6, 6.07) is 0.329. The molecule has 0 saturated heterocycles. The third-order valence-corrected chi connectivity index (χ3v) is 4.38. The lowest BCUT2D eigenvalue weighted by Crippen LogP contribution is -2.42. The Morgan fingerprint density at radius 3 is 2.00 bits per heavy atom. The van der Waals surface area contributed by atoms with Crippen LogP contribution in [0.15, 0.2) is 0 Å². The molecule has 2 unspecified atom stereocenters. The molecule has 2 atom stereocenters. The van der Waals surface area contributed by atoms with Gasteiger partial charge in [0.15, 0.2) is 0 Å². The molecule has 1 amide bonds. The van der Waals surface area contributed by atoms with E-state index in [1.165, 1.54) is 12.8 Å². The second kappa shape index (κ2) is 5.85. The summed E-state index contributed by atoms with van der Waals surface area (Å²) in [7, 11) is 0. The maximum absolute atomic E-state index is 12.1. The van der Waals surface area contributed by atoms with Gasteiger partial charge in [0.1, 0.15) is 0 Å². The molecule has 96 valence electrons. The Morgan fingerprint density at radius 1 is 0.882 bits per heavy atom. The molecule has 2 aliphatic carbocycles. The van der Waals surface area contributed by atoms with Crippen LogP contribution in [0.1, 0.15) is 51.4 Å². The van der Waals surface area contributed by atoms with E-state index in [-0.39, 0.29) is 23.0 Å². The van der Waals surface area contributed by atoms with Crippen molar-refractivity contribution in [2.24, 2.45) is 11.8 Å². The van der Waals surface area contributed by atoms with Crippen LogP contribution >= 0.6 is 11.6 Å². The van der Waals surface area contributed by atoms with E-state index in [0.717, 1.165) is 38.5 Å². The largest absolute Gasteiger partial charge is 0.353 e. The monoisotopic (exact) mass is 257 g/mol. The molecule has 0 radical (unpaired) electrons. The van der Waals surface area contributed by atoms with E-state index < -0.39 is 0 Å².